The lowest BCUT2D eigenvalue weighted by Gasteiger charge is -2.22. The minimum atomic E-state index is 0.0825. The molecule has 6 aromatic carbocycles. The molecule has 0 bridgehead atoms. The fourth-order valence-corrected chi connectivity index (χ4v) is 7.57. The number of para-hydroxylation sites is 2. The van der Waals surface area contributed by atoms with Gasteiger partial charge in [0.15, 0.2) is 0 Å². The predicted octanol–water partition coefficient (Wildman–Crippen LogP) is 11.6. The normalized spacial score (nSPS) is 16.0. The van der Waals surface area contributed by atoms with E-state index < -0.39 is 0 Å². The molecular weight excluding hydrogens is 564 g/mol. The SMILES string of the molecule is Oc1ccc(-c2ccc3oc4ccccc4c3c2)c2cccc(C3=CC=CC4=C(c5ccc6oc7ccccc7c6c5)C=CC34)c12. The van der Waals surface area contributed by atoms with E-state index in [0.29, 0.717) is 0 Å². The first-order chi connectivity index (χ1) is 22.7. The van der Waals surface area contributed by atoms with E-state index >= 15 is 0 Å². The van der Waals surface area contributed by atoms with E-state index in [1.807, 2.05) is 48.5 Å². The fraction of sp³-hybridized carbons (Fsp3) is 0.0233. The number of phenols is 1. The van der Waals surface area contributed by atoms with Crippen molar-refractivity contribution in [3.63, 3.8) is 0 Å². The van der Waals surface area contributed by atoms with Crippen LogP contribution in [0.2, 0.25) is 0 Å². The first-order valence-electron chi connectivity index (χ1n) is 15.6. The molecule has 2 aliphatic carbocycles. The summed E-state index contributed by atoms with van der Waals surface area (Å²) in [7, 11) is 0. The number of phenolic OH excluding ortho intramolecular Hbond substituents is 1. The fourth-order valence-electron chi connectivity index (χ4n) is 7.57. The molecule has 216 valence electrons. The molecule has 2 aromatic heterocycles. The molecule has 2 aliphatic rings. The lowest BCUT2D eigenvalue weighted by atomic mass is 9.81. The average molecular weight is 591 g/mol. The third-order valence-corrected chi connectivity index (χ3v) is 9.69. The highest BCUT2D eigenvalue weighted by molar-refractivity contribution is 6.11. The van der Waals surface area contributed by atoms with Crippen molar-refractivity contribution in [3.05, 3.63) is 162 Å². The van der Waals surface area contributed by atoms with Crippen molar-refractivity contribution in [1.29, 1.82) is 0 Å². The van der Waals surface area contributed by atoms with E-state index in [-0.39, 0.29) is 11.7 Å². The highest BCUT2D eigenvalue weighted by Gasteiger charge is 2.28. The maximum Gasteiger partial charge on any atom is 0.135 e. The third-order valence-electron chi connectivity index (χ3n) is 9.69. The van der Waals surface area contributed by atoms with Crippen molar-refractivity contribution in [1.82, 2.24) is 0 Å². The van der Waals surface area contributed by atoms with Crippen LogP contribution in [-0.2, 0) is 0 Å². The molecule has 1 N–H and O–H groups in total. The Morgan fingerprint density at radius 1 is 0.522 bits per heavy atom. The zero-order valence-electron chi connectivity index (χ0n) is 24.7. The van der Waals surface area contributed by atoms with Crippen molar-refractivity contribution in [2.75, 3.05) is 0 Å². The molecule has 0 saturated heterocycles. The molecule has 8 aromatic rings. The Bertz CT molecular complexity index is 2710. The third kappa shape index (κ3) is 3.60. The van der Waals surface area contributed by atoms with Gasteiger partial charge in [-0.25, -0.2) is 0 Å². The van der Waals surface area contributed by atoms with E-state index in [1.165, 1.54) is 22.3 Å². The Morgan fingerprint density at radius 3 is 1.93 bits per heavy atom. The molecule has 46 heavy (non-hydrogen) atoms. The van der Waals surface area contributed by atoms with Crippen LogP contribution in [0, 0.1) is 5.92 Å². The van der Waals surface area contributed by atoms with Gasteiger partial charge in [0.05, 0.1) is 0 Å². The summed E-state index contributed by atoms with van der Waals surface area (Å²) < 4.78 is 12.2. The van der Waals surface area contributed by atoms with Gasteiger partial charge in [-0.05, 0) is 86.8 Å². The Labute approximate surface area is 264 Å². The Balaban J connectivity index is 1.10. The van der Waals surface area contributed by atoms with Crippen LogP contribution in [0.25, 0.3) is 76.9 Å². The average Bonchev–Trinajstić information content (AvgIpc) is 3.81. The summed E-state index contributed by atoms with van der Waals surface area (Å²) in [6.07, 6.45) is 11.1. The van der Waals surface area contributed by atoms with Gasteiger partial charge in [0.1, 0.15) is 28.1 Å². The molecular formula is C43H26O3. The molecule has 0 spiro atoms. The summed E-state index contributed by atoms with van der Waals surface area (Å²) in [4.78, 5) is 0. The standard InChI is InChI=1S/C43H26O3/c44-38-20-19-28(26-16-22-42-37(24-26)33-8-2-4-14-40(33)46-42)34-11-6-12-35(43(34)38)30-10-5-9-29-27(17-18-31(29)30)25-15-21-41-36(23-25)32-7-1-3-13-39(32)45-41/h1-24,31,44H. The van der Waals surface area contributed by atoms with Crippen LogP contribution in [-0.4, -0.2) is 5.11 Å². The summed E-state index contributed by atoms with van der Waals surface area (Å²) in [5.41, 5.74) is 11.6. The van der Waals surface area contributed by atoms with Crippen molar-refractivity contribution in [2.24, 2.45) is 5.92 Å². The van der Waals surface area contributed by atoms with Crippen LogP contribution >= 0.6 is 0 Å². The maximum atomic E-state index is 11.4. The molecule has 0 radical (unpaired) electrons. The van der Waals surface area contributed by atoms with Gasteiger partial charge < -0.3 is 13.9 Å². The lowest BCUT2D eigenvalue weighted by molar-refractivity contribution is 0.481. The number of allylic oxidation sites excluding steroid dienone is 8. The molecule has 10 rings (SSSR count). The zero-order valence-corrected chi connectivity index (χ0v) is 24.7. The molecule has 1 unspecified atom stereocenters. The van der Waals surface area contributed by atoms with Crippen LogP contribution in [0.4, 0.5) is 0 Å². The summed E-state index contributed by atoms with van der Waals surface area (Å²) in [5.74, 6) is 0.365. The second-order valence-electron chi connectivity index (χ2n) is 12.2. The second kappa shape index (κ2) is 9.47. The molecule has 2 heterocycles. The molecule has 0 aliphatic heterocycles. The number of aromatic hydroxyl groups is 1. The van der Waals surface area contributed by atoms with E-state index in [9.17, 15) is 5.11 Å². The quantitative estimate of drug-likeness (QED) is 0.223. The van der Waals surface area contributed by atoms with E-state index in [0.717, 1.165) is 71.3 Å². The van der Waals surface area contributed by atoms with Crippen LogP contribution in [0.1, 0.15) is 11.1 Å². The van der Waals surface area contributed by atoms with Gasteiger partial charge in [-0.15, -0.1) is 0 Å². The van der Waals surface area contributed by atoms with E-state index in [2.05, 4.69) is 97.1 Å². The summed E-state index contributed by atoms with van der Waals surface area (Å²) in [6.45, 7) is 0. The largest absolute Gasteiger partial charge is 0.507 e. The molecule has 0 saturated carbocycles. The van der Waals surface area contributed by atoms with Crippen LogP contribution in [0.3, 0.4) is 0 Å². The highest BCUT2D eigenvalue weighted by Crippen LogP contribution is 2.47. The van der Waals surface area contributed by atoms with Crippen molar-refractivity contribution in [3.8, 4) is 16.9 Å². The van der Waals surface area contributed by atoms with Crippen molar-refractivity contribution >= 4 is 65.8 Å². The van der Waals surface area contributed by atoms with E-state index in [1.54, 1.807) is 0 Å². The van der Waals surface area contributed by atoms with Crippen LogP contribution in [0.5, 0.6) is 5.75 Å². The number of hydrogen-bond donors (Lipinski definition) is 1. The monoisotopic (exact) mass is 590 g/mol. The molecule has 0 fully saturated rings. The number of fused-ring (bicyclic) bond motifs is 8. The van der Waals surface area contributed by atoms with Gasteiger partial charge >= 0.3 is 0 Å². The number of hydrogen-bond acceptors (Lipinski definition) is 3. The van der Waals surface area contributed by atoms with Gasteiger partial charge in [-0.2, -0.15) is 0 Å². The van der Waals surface area contributed by atoms with Crippen LogP contribution in [0.15, 0.2) is 160 Å². The van der Waals surface area contributed by atoms with Gasteiger partial charge in [0, 0.05) is 32.8 Å². The summed E-state index contributed by atoms with van der Waals surface area (Å²) >= 11 is 0. The first kappa shape index (κ1) is 25.3. The van der Waals surface area contributed by atoms with Crippen molar-refractivity contribution < 1.29 is 13.9 Å². The van der Waals surface area contributed by atoms with Gasteiger partial charge in [-0.3, -0.25) is 0 Å². The van der Waals surface area contributed by atoms with Gasteiger partial charge in [-0.1, -0.05) is 103 Å². The second-order valence-corrected chi connectivity index (χ2v) is 12.2. The smallest absolute Gasteiger partial charge is 0.135 e. The molecule has 0 amide bonds. The van der Waals surface area contributed by atoms with Gasteiger partial charge in [0.25, 0.3) is 0 Å². The number of rotatable bonds is 3. The molecule has 3 heteroatoms. The predicted molar refractivity (Wildman–Crippen MR) is 189 cm³/mol. The topological polar surface area (TPSA) is 46.5 Å². The molecule has 3 nitrogen and oxygen atoms in total. The zero-order chi connectivity index (χ0) is 30.4. The Kier molecular flexibility index (Phi) is 5.20. The first-order valence-corrected chi connectivity index (χ1v) is 15.6. The Morgan fingerprint density at radius 2 is 1.17 bits per heavy atom. The van der Waals surface area contributed by atoms with E-state index in [4.69, 9.17) is 8.83 Å². The van der Waals surface area contributed by atoms with Gasteiger partial charge in [0.2, 0.25) is 0 Å². The lowest BCUT2D eigenvalue weighted by Crippen LogP contribution is -2.05. The minimum absolute atomic E-state index is 0.0825. The maximum absolute atomic E-state index is 11.4. The number of furan rings is 2. The summed E-state index contributed by atoms with van der Waals surface area (Å²) in [5, 5.41) is 17.7. The highest BCUT2D eigenvalue weighted by atomic mass is 16.3. The number of benzene rings is 6. The Hall–Kier alpha value is -6.06. The van der Waals surface area contributed by atoms with Crippen molar-refractivity contribution in [2.45, 2.75) is 0 Å². The molecule has 1 atom stereocenters. The summed E-state index contributed by atoms with van der Waals surface area (Å²) in [6, 6.07) is 39.4. The van der Waals surface area contributed by atoms with Crippen LogP contribution < -0.4 is 0 Å². The minimum Gasteiger partial charge on any atom is -0.507 e.